The van der Waals surface area contributed by atoms with Crippen LogP contribution in [0.25, 0.3) is 10.8 Å². The van der Waals surface area contributed by atoms with E-state index in [0.29, 0.717) is 33.5 Å². The lowest BCUT2D eigenvalue weighted by Crippen LogP contribution is -2.46. The smallest absolute Gasteiger partial charge is 0.261 e. The third-order valence-corrected chi connectivity index (χ3v) is 6.28. The second-order valence-electron chi connectivity index (χ2n) is 8.50. The maximum absolute atomic E-state index is 13.6. The van der Waals surface area contributed by atoms with Gasteiger partial charge in [-0.25, -0.2) is 0 Å². The van der Waals surface area contributed by atoms with E-state index in [1.807, 2.05) is 55.5 Å². The predicted octanol–water partition coefficient (Wildman–Crippen LogP) is 5.10. The molecular formula is C29H24N2O4. The van der Waals surface area contributed by atoms with Crippen molar-refractivity contribution < 1.29 is 19.1 Å². The Morgan fingerprint density at radius 2 is 1.51 bits per heavy atom. The number of carbonyl (C=O) groups excluding carboxylic acids is 3. The molecule has 4 aromatic rings. The van der Waals surface area contributed by atoms with Crippen LogP contribution in [0.2, 0.25) is 0 Å². The highest BCUT2D eigenvalue weighted by molar-refractivity contribution is 6.25. The molecule has 35 heavy (non-hydrogen) atoms. The highest BCUT2D eigenvalue weighted by Crippen LogP contribution is 2.30. The van der Waals surface area contributed by atoms with Crippen molar-refractivity contribution in [3.63, 3.8) is 0 Å². The Balaban J connectivity index is 1.49. The predicted molar refractivity (Wildman–Crippen MR) is 135 cm³/mol. The summed E-state index contributed by atoms with van der Waals surface area (Å²) in [6.45, 7) is 2.11. The van der Waals surface area contributed by atoms with Crippen molar-refractivity contribution in [3.05, 3.63) is 107 Å². The minimum atomic E-state index is -0.354. The van der Waals surface area contributed by atoms with Gasteiger partial charge in [0.05, 0.1) is 7.11 Å². The number of aryl methyl sites for hydroxylation is 1. The van der Waals surface area contributed by atoms with Crippen LogP contribution >= 0.6 is 0 Å². The van der Waals surface area contributed by atoms with Crippen LogP contribution in [-0.2, 0) is 0 Å². The van der Waals surface area contributed by atoms with Gasteiger partial charge in [-0.2, -0.15) is 0 Å². The van der Waals surface area contributed by atoms with Gasteiger partial charge < -0.3 is 9.64 Å². The summed E-state index contributed by atoms with van der Waals surface area (Å²) in [5.41, 5.74) is 3.10. The Bertz CT molecular complexity index is 1430. The van der Waals surface area contributed by atoms with E-state index in [2.05, 4.69) is 0 Å². The zero-order valence-electron chi connectivity index (χ0n) is 19.5. The first-order valence-corrected chi connectivity index (χ1v) is 11.4. The average molecular weight is 465 g/mol. The van der Waals surface area contributed by atoms with E-state index in [-0.39, 0.29) is 30.8 Å². The number of methoxy groups -OCH3 is 1. The molecule has 4 aromatic carbocycles. The van der Waals surface area contributed by atoms with Crippen LogP contribution < -0.4 is 9.64 Å². The molecule has 0 unspecified atom stereocenters. The molecule has 0 saturated heterocycles. The number of rotatable bonds is 6. The number of imide groups is 1. The number of ether oxygens (including phenoxy) is 1. The molecule has 0 saturated carbocycles. The fourth-order valence-corrected chi connectivity index (χ4v) is 4.54. The lowest BCUT2D eigenvalue weighted by molar-refractivity contribution is 0.0611. The van der Waals surface area contributed by atoms with Crippen molar-refractivity contribution in [3.8, 4) is 5.75 Å². The van der Waals surface area contributed by atoms with Crippen molar-refractivity contribution in [2.24, 2.45) is 0 Å². The molecule has 0 aromatic heterocycles. The van der Waals surface area contributed by atoms with Crippen LogP contribution in [0.1, 0.15) is 36.6 Å². The Morgan fingerprint density at radius 1 is 0.857 bits per heavy atom. The molecule has 0 N–H and O–H groups in total. The molecule has 1 heterocycles. The van der Waals surface area contributed by atoms with E-state index in [9.17, 15) is 14.4 Å². The second-order valence-corrected chi connectivity index (χ2v) is 8.50. The largest absolute Gasteiger partial charge is 0.497 e. The minimum Gasteiger partial charge on any atom is -0.497 e. The summed E-state index contributed by atoms with van der Waals surface area (Å²) in [6.07, 6.45) is 0. The molecule has 174 valence electrons. The van der Waals surface area contributed by atoms with Gasteiger partial charge in [0, 0.05) is 46.9 Å². The molecule has 1 aliphatic rings. The molecule has 6 nitrogen and oxygen atoms in total. The summed E-state index contributed by atoms with van der Waals surface area (Å²) in [7, 11) is 1.56. The van der Waals surface area contributed by atoms with Gasteiger partial charge in [-0.05, 0) is 48.7 Å². The average Bonchev–Trinajstić information content (AvgIpc) is 2.89. The van der Waals surface area contributed by atoms with Crippen LogP contribution in [0.5, 0.6) is 5.75 Å². The summed E-state index contributed by atoms with van der Waals surface area (Å²) in [4.78, 5) is 43.1. The number of nitrogens with zero attached hydrogens (tertiary/aromatic N) is 2. The van der Waals surface area contributed by atoms with Gasteiger partial charge in [0.25, 0.3) is 17.7 Å². The first-order valence-electron chi connectivity index (χ1n) is 11.4. The van der Waals surface area contributed by atoms with E-state index in [0.717, 1.165) is 10.9 Å². The molecule has 0 radical (unpaired) electrons. The molecule has 1 aliphatic heterocycles. The maximum Gasteiger partial charge on any atom is 0.261 e. The highest BCUT2D eigenvalue weighted by atomic mass is 16.5. The first kappa shape index (κ1) is 22.3. The van der Waals surface area contributed by atoms with Gasteiger partial charge in [0.2, 0.25) is 0 Å². The Labute approximate surface area is 203 Å². The number of hydrogen-bond acceptors (Lipinski definition) is 4. The van der Waals surface area contributed by atoms with E-state index in [1.54, 1.807) is 48.4 Å². The van der Waals surface area contributed by atoms with Gasteiger partial charge in [-0.15, -0.1) is 0 Å². The Hall–Kier alpha value is -4.45. The minimum absolute atomic E-state index is 0.0527. The van der Waals surface area contributed by atoms with Gasteiger partial charge in [0.1, 0.15) is 5.75 Å². The van der Waals surface area contributed by atoms with Gasteiger partial charge in [-0.1, -0.05) is 48.0 Å². The summed E-state index contributed by atoms with van der Waals surface area (Å²) in [5.74, 6) is -0.322. The lowest BCUT2D eigenvalue weighted by Gasteiger charge is -2.30. The van der Waals surface area contributed by atoms with Crippen LogP contribution in [0, 0.1) is 6.92 Å². The quantitative estimate of drug-likeness (QED) is 0.373. The maximum atomic E-state index is 13.6. The summed E-state index contributed by atoms with van der Waals surface area (Å²) in [5, 5.41) is 1.54. The van der Waals surface area contributed by atoms with E-state index < -0.39 is 0 Å². The fraction of sp³-hybridized carbons (Fsp3) is 0.138. The second kappa shape index (κ2) is 9.06. The van der Waals surface area contributed by atoms with Gasteiger partial charge in [0.15, 0.2) is 0 Å². The van der Waals surface area contributed by atoms with Crippen LogP contribution in [0.15, 0.2) is 84.9 Å². The number of hydrogen-bond donors (Lipinski definition) is 0. The molecule has 0 fully saturated rings. The molecule has 6 heteroatoms. The van der Waals surface area contributed by atoms with Crippen LogP contribution in [-0.4, -0.2) is 42.8 Å². The standard InChI is InChI=1S/C29H24N2O4/c1-19-7-3-10-21(17-19)27(32)30(22-11-6-12-23(18-22)35-2)15-16-31-28(33)24-13-4-8-20-9-5-14-25(26(20)24)29(31)34/h3-14,17-18H,15-16H2,1-2H3. The van der Waals surface area contributed by atoms with Crippen molar-refractivity contribution >= 4 is 34.2 Å². The Morgan fingerprint density at radius 3 is 2.17 bits per heavy atom. The van der Waals surface area contributed by atoms with Crippen molar-refractivity contribution in [1.29, 1.82) is 0 Å². The number of anilines is 1. The number of benzene rings is 4. The van der Waals surface area contributed by atoms with E-state index >= 15 is 0 Å². The van der Waals surface area contributed by atoms with Crippen molar-refractivity contribution in [1.82, 2.24) is 4.90 Å². The third kappa shape index (κ3) is 4.04. The monoisotopic (exact) mass is 464 g/mol. The topological polar surface area (TPSA) is 66.9 Å². The molecule has 3 amide bonds. The zero-order chi connectivity index (χ0) is 24.5. The van der Waals surface area contributed by atoms with Gasteiger partial charge >= 0.3 is 0 Å². The molecule has 0 spiro atoms. The number of carbonyl (C=O) groups is 3. The third-order valence-electron chi connectivity index (χ3n) is 6.28. The Kier molecular flexibility index (Phi) is 5.79. The molecular weight excluding hydrogens is 440 g/mol. The highest BCUT2D eigenvalue weighted by Gasteiger charge is 2.33. The summed E-state index contributed by atoms with van der Waals surface area (Å²) < 4.78 is 5.35. The first-order chi connectivity index (χ1) is 17.0. The van der Waals surface area contributed by atoms with Crippen LogP contribution in [0.4, 0.5) is 5.69 Å². The zero-order valence-corrected chi connectivity index (χ0v) is 19.5. The molecule has 0 atom stereocenters. The summed E-state index contributed by atoms with van der Waals surface area (Å²) in [6, 6.07) is 25.4. The SMILES string of the molecule is COc1cccc(N(CCN2C(=O)c3cccc4cccc(c34)C2=O)C(=O)c2cccc(C)c2)c1. The lowest BCUT2D eigenvalue weighted by atomic mass is 9.94. The normalized spacial score (nSPS) is 12.7. The van der Waals surface area contributed by atoms with Crippen molar-refractivity contribution in [2.75, 3.05) is 25.1 Å². The summed E-state index contributed by atoms with van der Waals surface area (Å²) >= 11 is 0. The molecule has 5 rings (SSSR count). The number of amides is 3. The van der Waals surface area contributed by atoms with E-state index in [1.165, 1.54) is 4.90 Å². The molecule has 0 aliphatic carbocycles. The van der Waals surface area contributed by atoms with Crippen LogP contribution in [0.3, 0.4) is 0 Å². The molecule has 0 bridgehead atoms. The van der Waals surface area contributed by atoms with Crippen molar-refractivity contribution in [2.45, 2.75) is 6.92 Å². The van der Waals surface area contributed by atoms with E-state index in [4.69, 9.17) is 4.74 Å². The van der Waals surface area contributed by atoms with Gasteiger partial charge in [-0.3, -0.25) is 19.3 Å². The fourth-order valence-electron chi connectivity index (χ4n) is 4.54.